The zero-order valence-electron chi connectivity index (χ0n) is 16.5. The van der Waals surface area contributed by atoms with E-state index in [9.17, 15) is 4.79 Å². The molecule has 2 aromatic carbocycles. The van der Waals surface area contributed by atoms with Crippen LogP contribution in [0.2, 0.25) is 0 Å². The van der Waals surface area contributed by atoms with Crippen LogP contribution in [0.3, 0.4) is 0 Å². The second-order valence-corrected chi connectivity index (χ2v) is 8.88. The highest BCUT2D eigenvalue weighted by molar-refractivity contribution is 9.11. The summed E-state index contributed by atoms with van der Waals surface area (Å²) in [5.41, 5.74) is 3.96. The molecule has 3 rings (SSSR count). The zero-order valence-corrected chi connectivity index (χ0v) is 19.6. The van der Waals surface area contributed by atoms with Gasteiger partial charge in [0.25, 0.3) is 0 Å². The third-order valence-electron chi connectivity index (χ3n) is 4.23. The first-order valence-electron chi connectivity index (χ1n) is 9.13. The molecule has 29 heavy (non-hydrogen) atoms. The number of halogens is 2. The van der Waals surface area contributed by atoms with Gasteiger partial charge in [0.2, 0.25) is 5.90 Å². The lowest BCUT2D eigenvalue weighted by Crippen LogP contribution is -2.05. The van der Waals surface area contributed by atoms with Gasteiger partial charge in [0, 0.05) is 5.56 Å². The normalized spacial score (nSPS) is 14.9. The van der Waals surface area contributed by atoms with Gasteiger partial charge < -0.3 is 9.47 Å². The van der Waals surface area contributed by atoms with Crippen LogP contribution in [0.1, 0.15) is 43.4 Å². The highest BCUT2D eigenvalue weighted by Crippen LogP contribution is 2.36. The Balaban J connectivity index is 1.86. The van der Waals surface area contributed by atoms with Crippen molar-refractivity contribution in [3.63, 3.8) is 0 Å². The first-order valence-corrected chi connectivity index (χ1v) is 10.7. The van der Waals surface area contributed by atoms with Crippen molar-refractivity contribution >= 4 is 49.8 Å². The number of rotatable bonds is 6. The quantitative estimate of drug-likeness (QED) is 0.245. The van der Waals surface area contributed by atoms with E-state index in [0.29, 0.717) is 24.2 Å². The summed E-state index contributed by atoms with van der Waals surface area (Å²) < 4.78 is 12.6. The van der Waals surface area contributed by atoms with E-state index < -0.39 is 5.97 Å². The van der Waals surface area contributed by atoms with Gasteiger partial charge in [-0.1, -0.05) is 32.6 Å². The number of carbonyl (C=O) groups excluding carboxylic acids is 1. The van der Waals surface area contributed by atoms with Gasteiger partial charge in [-0.25, -0.2) is 9.79 Å². The summed E-state index contributed by atoms with van der Waals surface area (Å²) in [6.45, 7) is 10.4. The van der Waals surface area contributed by atoms with Crippen molar-refractivity contribution in [3.05, 3.63) is 79.9 Å². The van der Waals surface area contributed by atoms with Crippen molar-refractivity contribution in [2.45, 2.75) is 26.7 Å². The van der Waals surface area contributed by atoms with Gasteiger partial charge in [-0.2, -0.15) is 0 Å². The minimum absolute atomic E-state index is 0.252. The summed E-state index contributed by atoms with van der Waals surface area (Å²) >= 11 is 7.03. The molecule has 0 atom stereocenters. The molecule has 0 spiro atoms. The van der Waals surface area contributed by atoms with Crippen molar-refractivity contribution in [1.29, 1.82) is 0 Å². The van der Waals surface area contributed by atoms with E-state index >= 15 is 0 Å². The topological polar surface area (TPSA) is 47.9 Å². The number of ether oxygens (including phenoxy) is 2. The summed E-state index contributed by atoms with van der Waals surface area (Å²) in [6, 6.07) is 11.6. The Morgan fingerprint density at radius 2 is 1.83 bits per heavy atom. The van der Waals surface area contributed by atoms with Crippen molar-refractivity contribution in [2.24, 2.45) is 4.99 Å². The Morgan fingerprint density at radius 1 is 1.21 bits per heavy atom. The van der Waals surface area contributed by atoms with Crippen LogP contribution in [-0.2, 0) is 9.53 Å². The number of carbonyl (C=O) groups is 1. The number of aliphatic imine (C=N–C) groups is 1. The molecule has 0 bridgehead atoms. The molecule has 1 aliphatic heterocycles. The van der Waals surface area contributed by atoms with Crippen molar-refractivity contribution < 1.29 is 14.3 Å². The fourth-order valence-electron chi connectivity index (χ4n) is 2.70. The minimum Gasteiger partial charge on any atom is -0.487 e. The minimum atomic E-state index is -0.470. The molecule has 150 valence electrons. The number of hydrogen-bond acceptors (Lipinski definition) is 4. The van der Waals surface area contributed by atoms with Gasteiger partial charge in [0.15, 0.2) is 5.70 Å². The summed E-state index contributed by atoms with van der Waals surface area (Å²) in [5, 5.41) is 0. The van der Waals surface area contributed by atoms with E-state index in [1.54, 1.807) is 6.08 Å². The van der Waals surface area contributed by atoms with Crippen molar-refractivity contribution in [1.82, 2.24) is 0 Å². The van der Waals surface area contributed by atoms with Gasteiger partial charge in [0.1, 0.15) is 12.4 Å². The zero-order chi connectivity index (χ0) is 21.1. The monoisotopic (exact) mass is 517 g/mol. The molecule has 0 saturated carbocycles. The summed E-state index contributed by atoms with van der Waals surface area (Å²) in [4.78, 5) is 16.7. The van der Waals surface area contributed by atoms with Crippen LogP contribution in [0, 0.1) is 0 Å². The molecule has 4 nitrogen and oxygen atoms in total. The summed E-state index contributed by atoms with van der Waals surface area (Å²) in [5.74, 6) is 0.962. The molecular weight excluding hydrogens is 498 g/mol. The lowest BCUT2D eigenvalue weighted by molar-refractivity contribution is -0.129. The van der Waals surface area contributed by atoms with Crippen LogP contribution in [0.4, 0.5) is 0 Å². The first kappa shape index (κ1) is 21.5. The second-order valence-electron chi connectivity index (χ2n) is 7.17. The Labute approximate surface area is 187 Å². The van der Waals surface area contributed by atoms with Crippen molar-refractivity contribution in [2.75, 3.05) is 6.61 Å². The molecule has 6 heteroatoms. The first-order chi connectivity index (χ1) is 13.7. The highest BCUT2D eigenvalue weighted by atomic mass is 79.9. The second kappa shape index (κ2) is 9.09. The lowest BCUT2D eigenvalue weighted by Gasteiger charge is -2.11. The number of hydrogen-bond donors (Lipinski definition) is 0. The van der Waals surface area contributed by atoms with E-state index in [4.69, 9.17) is 9.47 Å². The lowest BCUT2D eigenvalue weighted by atomic mass is 10.0. The van der Waals surface area contributed by atoms with E-state index in [0.717, 1.165) is 25.6 Å². The van der Waals surface area contributed by atoms with E-state index in [-0.39, 0.29) is 5.70 Å². The summed E-state index contributed by atoms with van der Waals surface area (Å²) in [7, 11) is 0. The number of cyclic esters (lactones) is 1. The molecule has 0 aliphatic carbocycles. The summed E-state index contributed by atoms with van der Waals surface area (Å²) in [6.07, 6.45) is 1.69. The SMILES string of the molecule is C=C(C)COc1c(Br)cc(/C=C2\N=C(c3ccc(C(C)C)cc3)OC2=O)cc1Br. The number of benzene rings is 2. The average molecular weight is 519 g/mol. The maximum absolute atomic E-state index is 12.3. The number of nitrogens with zero attached hydrogens (tertiary/aromatic N) is 1. The van der Waals surface area contributed by atoms with Crippen LogP contribution < -0.4 is 4.74 Å². The van der Waals surface area contributed by atoms with Gasteiger partial charge in [-0.05, 0) is 91.7 Å². The fraction of sp³-hybridized carbons (Fsp3) is 0.217. The Morgan fingerprint density at radius 3 is 2.38 bits per heavy atom. The molecule has 2 aromatic rings. The van der Waals surface area contributed by atoms with Crippen molar-refractivity contribution in [3.8, 4) is 5.75 Å². The molecule has 1 aliphatic rings. The number of esters is 1. The van der Waals surface area contributed by atoms with Crippen LogP contribution >= 0.6 is 31.9 Å². The van der Waals surface area contributed by atoms with E-state index in [2.05, 4.69) is 57.3 Å². The maximum atomic E-state index is 12.3. The molecule has 0 saturated heterocycles. The Hall–Kier alpha value is -2.18. The molecule has 0 fully saturated rings. The predicted molar refractivity (Wildman–Crippen MR) is 123 cm³/mol. The van der Waals surface area contributed by atoms with E-state index in [1.807, 2.05) is 43.3 Å². The van der Waals surface area contributed by atoms with Gasteiger partial charge in [-0.3, -0.25) is 0 Å². The van der Waals surface area contributed by atoms with Crippen LogP contribution in [-0.4, -0.2) is 18.5 Å². The Kier molecular flexibility index (Phi) is 6.75. The fourth-order valence-corrected chi connectivity index (χ4v) is 4.15. The highest BCUT2D eigenvalue weighted by Gasteiger charge is 2.24. The predicted octanol–water partition coefficient (Wildman–Crippen LogP) is 6.63. The molecule has 1 heterocycles. The molecule has 0 unspecified atom stereocenters. The van der Waals surface area contributed by atoms with Crippen LogP contribution in [0.15, 0.2) is 68.2 Å². The molecular formula is C23H21Br2NO3. The van der Waals surface area contributed by atoms with Gasteiger partial charge >= 0.3 is 5.97 Å². The smallest absolute Gasteiger partial charge is 0.363 e. The Bertz CT molecular complexity index is 998. The standard InChI is InChI=1S/C23H21Br2NO3/c1-13(2)12-28-21-18(24)9-15(10-19(21)25)11-20-23(27)29-22(26-20)17-7-5-16(6-8-17)14(3)4/h5-11,14H,1,12H2,2-4H3/b20-11-. The van der Waals surface area contributed by atoms with Crippen LogP contribution in [0.25, 0.3) is 6.08 Å². The van der Waals surface area contributed by atoms with Gasteiger partial charge in [-0.15, -0.1) is 0 Å². The largest absolute Gasteiger partial charge is 0.487 e. The molecule has 0 aromatic heterocycles. The molecule has 0 radical (unpaired) electrons. The average Bonchev–Trinajstić information content (AvgIpc) is 3.01. The van der Waals surface area contributed by atoms with Crippen LogP contribution in [0.5, 0.6) is 5.75 Å². The molecule has 0 amide bonds. The van der Waals surface area contributed by atoms with Gasteiger partial charge in [0.05, 0.1) is 8.95 Å². The third-order valence-corrected chi connectivity index (χ3v) is 5.41. The van der Waals surface area contributed by atoms with E-state index in [1.165, 1.54) is 5.56 Å². The maximum Gasteiger partial charge on any atom is 0.363 e. The molecule has 0 N–H and O–H groups in total. The third kappa shape index (κ3) is 5.25.